The Morgan fingerprint density at radius 3 is 2.43 bits per heavy atom. The summed E-state index contributed by atoms with van der Waals surface area (Å²) in [5.41, 5.74) is 6.48. The number of carbonyl (C=O) groups is 2. The number of hydrogen-bond acceptors (Lipinski definition) is 7. The van der Waals surface area contributed by atoms with Crippen LogP contribution < -0.4 is 15.8 Å². The lowest BCUT2D eigenvalue weighted by atomic mass is 9.79. The third kappa shape index (κ3) is 7.78. The van der Waals surface area contributed by atoms with Crippen LogP contribution in [0.4, 0.5) is 0 Å². The molecule has 0 aliphatic carbocycles. The molecule has 2 rings (SSSR count). The summed E-state index contributed by atoms with van der Waals surface area (Å²) in [5, 5.41) is 33.5. The number of aryl methyl sites for hydroxylation is 1. The van der Waals surface area contributed by atoms with E-state index in [-0.39, 0.29) is 11.7 Å². The molecule has 0 radical (unpaired) electrons. The zero-order chi connectivity index (χ0) is 26.0. The highest BCUT2D eigenvalue weighted by atomic mass is 16.5. The van der Waals surface area contributed by atoms with Crippen LogP contribution in [-0.4, -0.2) is 58.4 Å². The molecule has 0 aliphatic heterocycles. The molecule has 0 heterocycles. The molecule has 4 atom stereocenters. The zero-order valence-electron chi connectivity index (χ0n) is 20.7. The molecule has 0 saturated carbocycles. The molecular formula is C27H38N2O6. The van der Waals surface area contributed by atoms with Crippen molar-refractivity contribution in [2.75, 3.05) is 13.7 Å². The number of aromatic hydroxyl groups is 1. The van der Waals surface area contributed by atoms with Crippen molar-refractivity contribution in [1.82, 2.24) is 5.32 Å². The van der Waals surface area contributed by atoms with Crippen molar-refractivity contribution >= 4 is 11.8 Å². The smallest absolute Gasteiger partial charge is 0.305 e. The lowest BCUT2D eigenvalue weighted by molar-refractivity contribution is -0.141. The van der Waals surface area contributed by atoms with E-state index in [2.05, 4.69) is 5.32 Å². The van der Waals surface area contributed by atoms with E-state index in [1.807, 2.05) is 43.3 Å². The first kappa shape index (κ1) is 28.3. The SMILES string of the molecule is CC[C@@H](C[C@H](O)[C@@](C)(NCCCc1ccc(OC)c(O)c1)C(=O)[C@@H](N)CC(=O)O)c1ccccc1. The number of carboxylic acid groups (broad SMARTS) is 1. The number of carbonyl (C=O) groups excluding carboxylic acids is 1. The van der Waals surface area contributed by atoms with Crippen molar-refractivity contribution in [3.8, 4) is 11.5 Å². The topological polar surface area (TPSA) is 142 Å². The highest BCUT2D eigenvalue weighted by molar-refractivity contribution is 5.95. The number of aliphatic hydroxyl groups excluding tert-OH is 1. The number of phenolic OH excluding ortho intramolecular Hbond substituents is 1. The molecule has 0 aliphatic rings. The van der Waals surface area contributed by atoms with Crippen molar-refractivity contribution in [3.05, 3.63) is 59.7 Å². The quantitative estimate of drug-likeness (QED) is 0.242. The van der Waals surface area contributed by atoms with Gasteiger partial charge in [0.05, 0.1) is 25.7 Å². The van der Waals surface area contributed by atoms with Crippen molar-refractivity contribution in [3.63, 3.8) is 0 Å². The Labute approximate surface area is 207 Å². The molecule has 0 aromatic heterocycles. The average Bonchev–Trinajstić information content (AvgIpc) is 2.84. The second-order valence-corrected chi connectivity index (χ2v) is 9.07. The fourth-order valence-electron chi connectivity index (χ4n) is 4.34. The molecule has 0 bridgehead atoms. The Morgan fingerprint density at radius 1 is 1.17 bits per heavy atom. The van der Waals surface area contributed by atoms with Gasteiger partial charge in [0.1, 0.15) is 5.54 Å². The summed E-state index contributed by atoms with van der Waals surface area (Å²) in [6, 6.07) is 13.7. The molecular weight excluding hydrogens is 448 g/mol. The summed E-state index contributed by atoms with van der Waals surface area (Å²) < 4.78 is 5.06. The molecule has 8 nitrogen and oxygen atoms in total. The number of ether oxygens (including phenoxy) is 1. The number of Topliss-reactive ketones (excluding diaryl/α,β-unsaturated/α-hetero) is 1. The summed E-state index contributed by atoms with van der Waals surface area (Å²) in [4.78, 5) is 24.4. The van der Waals surface area contributed by atoms with Crippen molar-refractivity contribution < 1.29 is 29.6 Å². The molecule has 192 valence electrons. The maximum Gasteiger partial charge on any atom is 0.305 e. The third-order valence-electron chi connectivity index (χ3n) is 6.56. The largest absolute Gasteiger partial charge is 0.504 e. The number of methoxy groups -OCH3 is 1. The van der Waals surface area contributed by atoms with Crippen LogP contribution in [0.3, 0.4) is 0 Å². The van der Waals surface area contributed by atoms with Gasteiger partial charge in [-0.2, -0.15) is 0 Å². The van der Waals surface area contributed by atoms with E-state index in [0.717, 1.165) is 17.5 Å². The minimum absolute atomic E-state index is 0.0260. The van der Waals surface area contributed by atoms with E-state index < -0.39 is 35.9 Å². The number of nitrogens with one attached hydrogen (secondary N) is 1. The Balaban J connectivity index is 2.14. The standard InChI is InChI=1S/C27H38N2O6/c1-4-19(20-10-6-5-7-11-20)16-24(31)27(2,26(34)21(28)17-25(32)33)29-14-8-9-18-12-13-23(35-3)22(30)15-18/h5-7,10-13,15,19,21,24,29-31H,4,8-9,14,16-17,28H2,1-3H3,(H,32,33)/t19-,21-,24-,27+/m0/s1. The van der Waals surface area contributed by atoms with Gasteiger partial charge in [0.15, 0.2) is 17.3 Å². The summed E-state index contributed by atoms with van der Waals surface area (Å²) in [6.07, 6.45) is 0.739. The summed E-state index contributed by atoms with van der Waals surface area (Å²) in [6.45, 7) is 4.00. The van der Waals surface area contributed by atoms with Gasteiger partial charge in [-0.15, -0.1) is 0 Å². The second kappa shape index (κ2) is 13.2. The molecule has 6 N–H and O–H groups in total. The molecule has 0 fully saturated rings. The molecule has 2 aromatic rings. The average molecular weight is 487 g/mol. The van der Waals surface area contributed by atoms with Crippen LogP contribution >= 0.6 is 0 Å². The van der Waals surface area contributed by atoms with Gasteiger partial charge in [0, 0.05) is 0 Å². The van der Waals surface area contributed by atoms with Crippen LogP contribution in [0.25, 0.3) is 0 Å². The molecule has 0 spiro atoms. The molecule has 2 aromatic carbocycles. The molecule has 0 saturated heterocycles. The van der Waals surface area contributed by atoms with Gasteiger partial charge in [0.2, 0.25) is 0 Å². The molecule has 0 unspecified atom stereocenters. The van der Waals surface area contributed by atoms with Crippen LogP contribution in [0.1, 0.15) is 56.6 Å². The lowest BCUT2D eigenvalue weighted by Crippen LogP contribution is -2.63. The molecule has 35 heavy (non-hydrogen) atoms. The minimum atomic E-state index is -1.42. The number of nitrogens with two attached hydrogens (primary N) is 1. The minimum Gasteiger partial charge on any atom is -0.504 e. The van der Waals surface area contributed by atoms with Crippen LogP contribution in [0.5, 0.6) is 11.5 Å². The monoisotopic (exact) mass is 486 g/mol. The Morgan fingerprint density at radius 2 is 1.86 bits per heavy atom. The van der Waals surface area contributed by atoms with Gasteiger partial charge >= 0.3 is 5.97 Å². The number of hydrogen-bond donors (Lipinski definition) is 5. The van der Waals surface area contributed by atoms with E-state index >= 15 is 0 Å². The first-order valence-electron chi connectivity index (χ1n) is 12.0. The van der Waals surface area contributed by atoms with Crippen LogP contribution in [0.2, 0.25) is 0 Å². The Hall–Kier alpha value is -2.94. The normalized spacial score (nSPS) is 15.6. The number of ketones is 1. The Kier molecular flexibility index (Phi) is 10.7. The van der Waals surface area contributed by atoms with Gasteiger partial charge in [-0.3, -0.25) is 9.59 Å². The van der Waals surface area contributed by atoms with Crippen LogP contribution in [0, 0.1) is 0 Å². The van der Waals surface area contributed by atoms with Gasteiger partial charge in [0.25, 0.3) is 0 Å². The van der Waals surface area contributed by atoms with Crippen LogP contribution in [0.15, 0.2) is 48.5 Å². The maximum absolute atomic E-state index is 13.3. The van der Waals surface area contributed by atoms with E-state index in [4.69, 9.17) is 15.6 Å². The highest BCUT2D eigenvalue weighted by Crippen LogP contribution is 2.30. The third-order valence-corrected chi connectivity index (χ3v) is 6.56. The van der Waals surface area contributed by atoms with E-state index in [9.17, 15) is 19.8 Å². The number of benzene rings is 2. The predicted molar refractivity (Wildman–Crippen MR) is 135 cm³/mol. The summed E-state index contributed by atoms with van der Waals surface area (Å²) in [7, 11) is 1.48. The van der Waals surface area contributed by atoms with E-state index in [1.165, 1.54) is 7.11 Å². The number of carboxylic acids is 1. The number of rotatable bonds is 15. The second-order valence-electron chi connectivity index (χ2n) is 9.07. The zero-order valence-corrected chi connectivity index (χ0v) is 20.7. The fraction of sp³-hybridized carbons (Fsp3) is 0.481. The highest BCUT2D eigenvalue weighted by Gasteiger charge is 2.43. The van der Waals surface area contributed by atoms with Crippen molar-refractivity contribution in [2.24, 2.45) is 5.73 Å². The summed E-state index contributed by atoms with van der Waals surface area (Å²) >= 11 is 0. The number of aliphatic carboxylic acids is 1. The predicted octanol–water partition coefficient (Wildman–Crippen LogP) is 3.00. The number of phenols is 1. The van der Waals surface area contributed by atoms with E-state index in [0.29, 0.717) is 31.6 Å². The van der Waals surface area contributed by atoms with Gasteiger partial charge < -0.3 is 31.1 Å². The molecule has 0 amide bonds. The van der Waals surface area contributed by atoms with Gasteiger partial charge in [-0.25, -0.2) is 0 Å². The fourth-order valence-corrected chi connectivity index (χ4v) is 4.34. The maximum atomic E-state index is 13.3. The Bertz CT molecular complexity index is 967. The number of aliphatic hydroxyl groups is 1. The van der Waals surface area contributed by atoms with Crippen molar-refractivity contribution in [2.45, 2.75) is 69.6 Å². The summed E-state index contributed by atoms with van der Waals surface area (Å²) in [5.74, 6) is -1.22. The molecule has 8 heteroatoms. The van der Waals surface area contributed by atoms with Gasteiger partial charge in [-0.05, 0) is 68.3 Å². The van der Waals surface area contributed by atoms with Crippen molar-refractivity contribution in [1.29, 1.82) is 0 Å². The van der Waals surface area contributed by atoms with Gasteiger partial charge in [-0.1, -0.05) is 43.3 Å². The van der Waals surface area contributed by atoms with Crippen LogP contribution in [-0.2, 0) is 16.0 Å². The first-order valence-corrected chi connectivity index (χ1v) is 12.0. The lowest BCUT2D eigenvalue weighted by Gasteiger charge is -2.37. The first-order chi connectivity index (χ1) is 16.6. The van der Waals surface area contributed by atoms with E-state index in [1.54, 1.807) is 19.1 Å².